The van der Waals surface area contributed by atoms with Gasteiger partial charge in [-0.3, -0.25) is 0 Å². The van der Waals surface area contributed by atoms with Crippen molar-refractivity contribution in [1.29, 1.82) is 0 Å². The standard InChI is InChI=1S/C14H30O6/c1-4-14(2,3)11(9-19-12(5-15)6-16)10-20-13(7-17)8-18/h11-13,15-18H,4-10H2,1-3H3. The Kier molecular flexibility index (Phi) is 10.4. The number of hydrogen-bond donors (Lipinski definition) is 4. The Morgan fingerprint density at radius 2 is 1.15 bits per heavy atom. The summed E-state index contributed by atoms with van der Waals surface area (Å²) in [5.41, 5.74) is -0.0507. The maximum Gasteiger partial charge on any atom is 0.104 e. The van der Waals surface area contributed by atoms with Crippen LogP contribution in [-0.2, 0) is 9.47 Å². The third-order valence-electron chi connectivity index (χ3n) is 3.90. The molecule has 4 N–H and O–H groups in total. The normalized spacial score (nSPS) is 12.9. The van der Waals surface area contributed by atoms with Gasteiger partial charge in [-0.25, -0.2) is 0 Å². The van der Waals surface area contributed by atoms with Gasteiger partial charge in [-0.05, 0) is 5.41 Å². The predicted molar refractivity (Wildman–Crippen MR) is 75.4 cm³/mol. The molecule has 0 amide bonds. The first-order chi connectivity index (χ1) is 9.44. The van der Waals surface area contributed by atoms with Gasteiger partial charge in [0.1, 0.15) is 12.2 Å². The molecule has 0 atom stereocenters. The molecule has 0 aliphatic heterocycles. The monoisotopic (exact) mass is 294 g/mol. The van der Waals surface area contributed by atoms with E-state index in [0.29, 0.717) is 13.2 Å². The Morgan fingerprint density at radius 3 is 1.40 bits per heavy atom. The van der Waals surface area contributed by atoms with Crippen LogP contribution in [0.15, 0.2) is 0 Å². The Morgan fingerprint density at radius 1 is 0.800 bits per heavy atom. The van der Waals surface area contributed by atoms with Crippen molar-refractivity contribution in [3.63, 3.8) is 0 Å². The van der Waals surface area contributed by atoms with E-state index in [1.807, 2.05) is 0 Å². The molecular weight excluding hydrogens is 264 g/mol. The van der Waals surface area contributed by atoms with Crippen LogP contribution in [0.5, 0.6) is 0 Å². The summed E-state index contributed by atoms with van der Waals surface area (Å²) < 4.78 is 11.0. The fraction of sp³-hybridized carbons (Fsp3) is 1.00. The molecule has 0 aliphatic rings. The van der Waals surface area contributed by atoms with Crippen molar-refractivity contribution >= 4 is 0 Å². The van der Waals surface area contributed by atoms with Gasteiger partial charge in [0, 0.05) is 5.92 Å². The molecule has 122 valence electrons. The summed E-state index contributed by atoms with van der Waals surface area (Å²) in [5, 5.41) is 36.0. The van der Waals surface area contributed by atoms with Crippen LogP contribution in [0.3, 0.4) is 0 Å². The minimum Gasteiger partial charge on any atom is -0.394 e. The van der Waals surface area contributed by atoms with Crippen molar-refractivity contribution in [2.45, 2.75) is 39.4 Å². The maximum absolute atomic E-state index is 9.01. The molecule has 0 fully saturated rings. The first-order valence-corrected chi connectivity index (χ1v) is 7.11. The zero-order valence-corrected chi connectivity index (χ0v) is 12.8. The summed E-state index contributed by atoms with van der Waals surface area (Å²) >= 11 is 0. The molecule has 0 saturated carbocycles. The van der Waals surface area contributed by atoms with Crippen molar-refractivity contribution in [2.24, 2.45) is 11.3 Å². The summed E-state index contributed by atoms with van der Waals surface area (Å²) in [4.78, 5) is 0. The Labute approximate surface area is 121 Å². The molecule has 0 rings (SSSR count). The second kappa shape index (κ2) is 10.5. The van der Waals surface area contributed by atoms with Crippen molar-refractivity contribution in [3.05, 3.63) is 0 Å². The molecule has 0 bridgehead atoms. The number of ether oxygens (including phenoxy) is 2. The summed E-state index contributed by atoms with van der Waals surface area (Å²) in [5.74, 6) is 0.0358. The lowest BCUT2D eigenvalue weighted by molar-refractivity contribution is -0.0924. The molecule has 0 aliphatic carbocycles. The zero-order valence-electron chi connectivity index (χ0n) is 12.8. The minimum atomic E-state index is -0.586. The first kappa shape index (κ1) is 19.8. The topological polar surface area (TPSA) is 99.4 Å². The van der Waals surface area contributed by atoms with Crippen LogP contribution in [0.1, 0.15) is 27.2 Å². The average Bonchev–Trinajstić information content (AvgIpc) is 2.46. The average molecular weight is 294 g/mol. The molecule has 0 aromatic heterocycles. The molecule has 6 nitrogen and oxygen atoms in total. The van der Waals surface area contributed by atoms with Crippen molar-refractivity contribution < 1.29 is 29.9 Å². The Bertz CT molecular complexity index is 210. The van der Waals surface area contributed by atoms with E-state index in [-0.39, 0.29) is 37.8 Å². The molecule has 0 aromatic carbocycles. The van der Waals surface area contributed by atoms with Crippen LogP contribution in [-0.4, -0.2) is 72.3 Å². The highest BCUT2D eigenvalue weighted by Crippen LogP contribution is 2.31. The van der Waals surface area contributed by atoms with Crippen molar-refractivity contribution in [1.82, 2.24) is 0 Å². The lowest BCUT2D eigenvalue weighted by atomic mass is 9.77. The smallest absolute Gasteiger partial charge is 0.104 e. The van der Waals surface area contributed by atoms with E-state index < -0.39 is 12.2 Å². The van der Waals surface area contributed by atoms with Gasteiger partial charge >= 0.3 is 0 Å². The predicted octanol–water partition coefficient (Wildman–Crippen LogP) is -0.222. The van der Waals surface area contributed by atoms with Gasteiger partial charge in [0.05, 0.1) is 39.6 Å². The van der Waals surface area contributed by atoms with E-state index in [2.05, 4.69) is 20.8 Å². The van der Waals surface area contributed by atoms with Crippen LogP contribution >= 0.6 is 0 Å². The molecule has 0 unspecified atom stereocenters. The lowest BCUT2D eigenvalue weighted by Crippen LogP contribution is -2.37. The number of aliphatic hydroxyl groups excluding tert-OH is 4. The molecule has 0 aromatic rings. The van der Waals surface area contributed by atoms with Crippen LogP contribution in [0, 0.1) is 11.3 Å². The van der Waals surface area contributed by atoms with Crippen molar-refractivity contribution in [3.8, 4) is 0 Å². The van der Waals surface area contributed by atoms with Gasteiger partial charge in [0.15, 0.2) is 0 Å². The Balaban J connectivity index is 4.49. The third-order valence-corrected chi connectivity index (χ3v) is 3.90. The van der Waals surface area contributed by atoms with Crippen LogP contribution in [0.25, 0.3) is 0 Å². The van der Waals surface area contributed by atoms with Crippen LogP contribution < -0.4 is 0 Å². The SMILES string of the molecule is CCC(C)(C)C(COC(CO)CO)COC(CO)CO. The molecule has 0 heterocycles. The maximum atomic E-state index is 9.01. The van der Waals surface area contributed by atoms with E-state index >= 15 is 0 Å². The molecule has 0 radical (unpaired) electrons. The van der Waals surface area contributed by atoms with Gasteiger partial charge in [-0.2, -0.15) is 0 Å². The Hall–Kier alpha value is -0.240. The van der Waals surface area contributed by atoms with E-state index in [9.17, 15) is 0 Å². The highest BCUT2D eigenvalue weighted by molar-refractivity contribution is 4.78. The van der Waals surface area contributed by atoms with Crippen LogP contribution in [0.2, 0.25) is 0 Å². The molecule has 6 heteroatoms. The van der Waals surface area contributed by atoms with E-state index in [1.165, 1.54) is 0 Å². The largest absolute Gasteiger partial charge is 0.394 e. The lowest BCUT2D eigenvalue weighted by Gasteiger charge is -2.34. The summed E-state index contributed by atoms with van der Waals surface area (Å²) in [7, 11) is 0. The number of rotatable bonds is 12. The van der Waals surface area contributed by atoms with Gasteiger partial charge in [-0.15, -0.1) is 0 Å². The number of hydrogen-bond acceptors (Lipinski definition) is 6. The van der Waals surface area contributed by atoms with Crippen molar-refractivity contribution in [2.75, 3.05) is 39.6 Å². The summed E-state index contributed by atoms with van der Waals surface area (Å²) in [6, 6.07) is 0. The fourth-order valence-corrected chi connectivity index (χ4v) is 1.62. The van der Waals surface area contributed by atoms with Gasteiger partial charge in [0.2, 0.25) is 0 Å². The zero-order chi connectivity index (χ0) is 15.6. The van der Waals surface area contributed by atoms with Crippen LogP contribution in [0.4, 0.5) is 0 Å². The highest BCUT2D eigenvalue weighted by atomic mass is 16.5. The van der Waals surface area contributed by atoms with Gasteiger partial charge in [-0.1, -0.05) is 27.2 Å². The number of aliphatic hydroxyl groups is 4. The molecule has 0 spiro atoms. The van der Waals surface area contributed by atoms with Gasteiger partial charge in [0.25, 0.3) is 0 Å². The fourth-order valence-electron chi connectivity index (χ4n) is 1.62. The minimum absolute atomic E-state index is 0.0358. The second-order valence-corrected chi connectivity index (χ2v) is 5.68. The summed E-state index contributed by atoms with van der Waals surface area (Å²) in [6.45, 7) is 6.01. The van der Waals surface area contributed by atoms with Gasteiger partial charge < -0.3 is 29.9 Å². The quantitative estimate of drug-likeness (QED) is 0.397. The second-order valence-electron chi connectivity index (χ2n) is 5.68. The summed E-state index contributed by atoms with van der Waals surface area (Å²) in [6.07, 6.45) is -0.260. The highest BCUT2D eigenvalue weighted by Gasteiger charge is 2.29. The van der Waals surface area contributed by atoms with E-state index in [0.717, 1.165) is 6.42 Å². The first-order valence-electron chi connectivity index (χ1n) is 7.11. The third kappa shape index (κ3) is 6.97. The molecular formula is C14H30O6. The molecule has 0 saturated heterocycles. The van der Waals surface area contributed by atoms with E-state index in [1.54, 1.807) is 0 Å². The van der Waals surface area contributed by atoms with E-state index in [4.69, 9.17) is 29.9 Å². The molecule has 20 heavy (non-hydrogen) atoms.